The molecule has 2 N–H and O–H groups in total. The van der Waals surface area contributed by atoms with Crippen molar-refractivity contribution in [3.63, 3.8) is 0 Å². The van der Waals surface area contributed by atoms with Gasteiger partial charge in [-0.1, -0.05) is 39.8 Å². The maximum atomic E-state index is 6.10. The summed E-state index contributed by atoms with van der Waals surface area (Å²) in [5.41, 5.74) is 8.66. The van der Waals surface area contributed by atoms with Gasteiger partial charge in [-0.25, -0.2) is 0 Å². The van der Waals surface area contributed by atoms with Gasteiger partial charge in [0.2, 0.25) is 0 Å². The molecule has 1 rings (SSSR count). The number of nitrogens with zero attached hydrogens (tertiary/aromatic N) is 2. The third kappa shape index (κ3) is 5.68. The van der Waals surface area contributed by atoms with E-state index in [9.17, 15) is 0 Å². The molecule has 0 bridgehead atoms. The van der Waals surface area contributed by atoms with E-state index in [0.717, 1.165) is 13.1 Å². The summed E-state index contributed by atoms with van der Waals surface area (Å²) in [6, 6.07) is 9.12. The third-order valence-corrected chi connectivity index (χ3v) is 3.66. The number of nitrogens with two attached hydrogens (primary N) is 1. The van der Waals surface area contributed by atoms with Gasteiger partial charge in [-0.05, 0) is 29.5 Å². The first kappa shape index (κ1) is 18.0. The average Bonchev–Trinajstić information content (AvgIpc) is 2.38. The smallest absolute Gasteiger partial charge is 0.0470 e. The molecule has 0 amide bonds. The molecule has 0 aliphatic carbocycles. The normalized spacial score (nSPS) is 13.2. The molecular formula is C18H33N3. The molecule has 0 saturated heterocycles. The van der Waals surface area contributed by atoms with Gasteiger partial charge in [-0.3, -0.25) is 4.90 Å². The van der Waals surface area contributed by atoms with Crippen LogP contribution in [-0.2, 0) is 0 Å². The first-order valence-corrected chi connectivity index (χ1v) is 8.06. The van der Waals surface area contributed by atoms with E-state index in [1.807, 2.05) is 0 Å². The van der Waals surface area contributed by atoms with Crippen LogP contribution >= 0.6 is 0 Å². The monoisotopic (exact) mass is 291 g/mol. The molecule has 1 unspecified atom stereocenters. The summed E-state index contributed by atoms with van der Waals surface area (Å²) in [6.07, 6.45) is 0. The van der Waals surface area contributed by atoms with Gasteiger partial charge in [0.05, 0.1) is 0 Å². The van der Waals surface area contributed by atoms with Crippen LogP contribution in [0.3, 0.4) is 0 Å². The lowest BCUT2D eigenvalue weighted by atomic mass is 10.0. The number of rotatable bonds is 8. The molecule has 0 aliphatic heterocycles. The predicted octanol–water partition coefficient (Wildman–Crippen LogP) is 3.37. The van der Waals surface area contributed by atoms with Crippen LogP contribution in [0.5, 0.6) is 0 Å². The fourth-order valence-corrected chi connectivity index (χ4v) is 2.76. The molecule has 0 aliphatic rings. The van der Waals surface area contributed by atoms with Crippen molar-refractivity contribution in [1.82, 2.24) is 4.90 Å². The van der Waals surface area contributed by atoms with Crippen LogP contribution in [0.1, 0.15) is 39.3 Å². The zero-order valence-electron chi connectivity index (χ0n) is 14.6. The Morgan fingerprint density at radius 2 is 1.38 bits per heavy atom. The van der Waals surface area contributed by atoms with Gasteiger partial charge in [-0.15, -0.1) is 0 Å². The standard InChI is InChI=1S/C18H33N3/c1-14(2)12-21(13-15(3)4)18(11-19)16-7-9-17(10-8-16)20(5)6/h7-10,14-15,18H,11-13,19H2,1-6H3. The van der Waals surface area contributed by atoms with Crippen molar-refractivity contribution in [2.75, 3.05) is 38.6 Å². The van der Waals surface area contributed by atoms with Gasteiger partial charge in [-0.2, -0.15) is 0 Å². The number of hydrogen-bond acceptors (Lipinski definition) is 3. The molecule has 3 nitrogen and oxygen atoms in total. The van der Waals surface area contributed by atoms with Crippen molar-refractivity contribution in [2.45, 2.75) is 33.7 Å². The molecule has 1 aromatic carbocycles. The van der Waals surface area contributed by atoms with E-state index in [1.54, 1.807) is 0 Å². The van der Waals surface area contributed by atoms with E-state index in [1.165, 1.54) is 11.3 Å². The Morgan fingerprint density at radius 3 is 1.71 bits per heavy atom. The highest BCUT2D eigenvalue weighted by atomic mass is 15.2. The lowest BCUT2D eigenvalue weighted by Crippen LogP contribution is -2.38. The highest BCUT2D eigenvalue weighted by Gasteiger charge is 2.20. The second-order valence-corrected chi connectivity index (χ2v) is 6.98. The van der Waals surface area contributed by atoms with Gasteiger partial charge in [0.15, 0.2) is 0 Å². The Bertz CT molecular complexity index is 385. The van der Waals surface area contributed by atoms with Gasteiger partial charge in [0.25, 0.3) is 0 Å². The Morgan fingerprint density at radius 1 is 0.905 bits per heavy atom. The summed E-state index contributed by atoms with van der Waals surface area (Å²) >= 11 is 0. The fraction of sp³-hybridized carbons (Fsp3) is 0.667. The Balaban J connectivity index is 2.95. The van der Waals surface area contributed by atoms with Crippen molar-refractivity contribution in [1.29, 1.82) is 0 Å². The quantitative estimate of drug-likeness (QED) is 0.797. The minimum absolute atomic E-state index is 0.311. The third-order valence-electron chi connectivity index (χ3n) is 3.66. The van der Waals surface area contributed by atoms with Crippen LogP contribution < -0.4 is 10.6 Å². The summed E-state index contributed by atoms with van der Waals surface area (Å²) < 4.78 is 0. The summed E-state index contributed by atoms with van der Waals surface area (Å²) in [4.78, 5) is 4.67. The number of anilines is 1. The largest absolute Gasteiger partial charge is 0.378 e. The molecule has 0 saturated carbocycles. The van der Waals surface area contributed by atoms with Gasteiger partial charge in [0, 0.05) is 45.5 Å². The van der Waals surface area contributed by atoms with Crippen molar-refractivity contribution in [3.05, 3.63) is 29.8 Å². The van der Waals surface area contributed by atoms with E-state index in [4.69, 9.17) is 5.73 Å². The van der Waals surface area contributed by atoms with E-state index in [2.05, 4.69) is 75.9 Å². The molecule has 1 atom stereocenters. The van der Waals surface area contributed by atoms with Crippen molar-refractivity contribution in [2.24, 2.45) is 17.6 Å². The van der Waals surface area contributed by atoms with E-state index in [0.29, 0.717) is 24.4 Å². The molecule has 3 heteroatoms. The second kappa shape index (κ2) is 8.40. The zero-order valence-corrected chi connectivity index (χ0v) is 14.6. The maximum absolute atomic E-state index is 6.10. The van der Waals surface area contributed by atoms with Crippen LogP contribution in [0.25, 0.3) is 0 Å². The van der Waals surface area contributed by atoms with Crippen LogP contribution in [0.2, 0.25) is 0 Å². The highest BCUT2D eigenvalue weighted by Crippen LogP contribution is 2.24. The van der Waals surface area contributed by atoms with E-state index < -0.39 is 0 Å². The molecule has 0 spiro atoms. The zero-order chi connectivity index (χ0) is 16.0. The summed E-state index contributed by atoms with van der Waals surface area (Å²) in [6.45, 7) is 11.9. The SMILES string of the molecule is CC(C)CN(CC(C)C)C(CN)c1ccc(N(C)C)cc1. The summed E-state index contributed by atoms with van der Waals surface area (Å²) in [7, 11) is 4.14. The molecule has 21 heavy (non-hydrogen) atoms. The minimum atomic E-state index is 0.311. The van der Waals surface area contributed by atoms with Crippen molar-refractivity contribution < 1.29 is 0 Å². The minimum Gasteiger partial charge on any atom is -0.378 e. The first-order chi connectivity index (χ1) is 9.85. The Hall–Kier alpha value is -1.06. The topological polar surface area (TPSA) is 32.5 Å². The molecular weight excluding hydrogens is 258 g/mol. The average molecular weight is 291 g/mol. The lowest BCUT2D eigenvalue weighted by Gasteiger charge is -2.34. The van der Waals surface area contributed by atoms with E-state index >= 15 is 0 Å². The molecule has 0 radical (unpaired) electrons. The number of hydrogen-bond donors (Lipinski definition) is 1. The highest BCUT2D eigenvalue weighted by molar-refractivity contribution is 5.46. The molecule has 120 valence electrons. The molecule has 0 fully saturated rings. The predicted molar refractivity (Wildman–Crippen MR) is 93.8 cm³/mol. The lowest BCUT2D eigenvalue weighted by molar-refractivity contribution is 0.160. The molecule has 0 heterocycles. The Kier molecular flexibility index (Phi) is 7.20. The Labute approximate surface area is 131 Å². The van der Waals surface area contributed by atoms with Gasteiger partial charge in [0.1, 0.15) is 0 Å². The second-order valence-electron chi connectivity index (χ2n) is 6.98. The van der Waals surface area contributed by atoms with Gasteiger partial charge >= 0.3 is 0 Å². The summed E-state index contributed by atoms with van der Waals surface area (Å²) in [5, 5.41) is 0. The first-order valence-electron chi connectivity index (χ1n) is 8.06. The van der Waals surface area contributed by atoms with Crippen molar-refractivity contribution in [3.8, 4) is 0 Å². The van der Waals surface area contributed by atoms with Crippen LogP contribution in [0, 0.1) is 11.8 Å². The fourth-order valence-electron chi connectivity index (χ4n) is 2.76. The molecule has 0 aromatic heterocycles. The van der Waals surface area contributed by atoms with Crippen LogP contribution in [0.4, 0.5) is 5.69 Å². The molecule has 1 aromatic rings. The van der Waals surface area contributed by atoms with Crippen molar-refractivity contribution >= 4 is 5.69 Å². The van der Waals surface area contributed by atoms with Gasteiger partial charge < -0.3 is 10.6 Å². The number of benzene rings is 1. The summed E-state index contributed by atoms with van der Waals surface area (Å²) in [5.74, 6) is 1.30. The van der Waals surface area contributed by atoms with Crippen LogP contribution in [0.15, 0.2) is 24.3 Å². The maximum Gasteiger partial charge on any atom is 0.0470 e. The van der Waals surface area contributed by atoms with Crippen LogP contribution in [-0.4, -0.2) is 38.6 Å². The van der Waals surface area contributed by atoms with E-state index in [-0.39, 0.29) is 0 Å².